The van der Waals surface area contributed by atoms with Gasteiger partial charge in [0.05, 0.1) is 0 Å². The maximum absolute atomic E-state index is 11.9. The molecule has 0 fully saturated rings. The monoisotopic (exact) mass is 228 g/mol. The van der Waals surface area contributed by atoms with Crippen LogP contribution in [0.2, 0.25) is 0 Å². The summed E-state index contributed by atoms with van der Waals surface area (Å²) in [5.74, 6) is -2.51. The van der Waals surface area contributed by atoms with Crippen molar-refractivity contribution < 1.29 is 22.7 Å². The van der Waals surface area contributed by atoms with Crippen LogP contribution in [-0.4, -0.2) is 17.1 Å². The molecule has 1 aromatic carbocycles. The highest BCUT2D eigenvalue weighted by molar-refractivity contribution is 5.89. The molecule has 0 saturated carbocycles. The van der Waals surface area contributed by atoms with E-state index < -0.39 is 12.1 Å². The van der Waals surface area contributed by atoms with Crippen LogP contribution in [0.5, 0.6) is 5.75 Å². The molecule has 3 nitrogen and oxygen atoms in total. The van der Waals surface area contributed by atoms with Gasteiger partial charge >= 0.3 is 12.1 Å². The average Bonchev–Trinajstić information content (AvgIpc) is 2.61. The number of benzene rings is 1. The number of aromatic nitrogens is 1. The molecule has 1 radical (unpaired) electrons. The molecule has 0 spiro atoms. The molecule has 0 amide bonds. The highest BCUT2D eigenvalue weighted by Crippen LogP contribution is 2.26. The Labute approximate surface area is 87.8 Å². The van der Waals surface area contributed by atoms with Gasteiger partial charge in [0.2, 0.25) is 0 Å². The van der Waals surface area contributed by atoms with Crippen LogP contribution in [0.15, 0.2) is 24.3 Å². The predicted octanol–water partition coefficient (Wildman–Crippen LogP) is 2.44. The molecule has 0 bridgehead atoms. The summed E-state index contributed by atoms with van der Waals surface area (Å²) in [4.78, 5) is 13.2. The van der Waals surface area contributed by atoms with Crippen LogP contribution >= 0.6 is 0 Å². The lowest BCUT2D eigenvalue weighted by Gasteiger charge is -2.04. The summed E-state index contributed by atoms with van der Waals surface area (Å²) in [7, 11) is 0. The maximum Gasteiger partial charge on any atom is 0.491 e. The first-order valence-electron chi connectivity index (χ1n) is 4.26. The number of aromatic amines is 1. The van der Waals surface area contributed by atoms with Crippen molar-refractivity contribution >= 4 is 16.9 Å². The Morgan fingerprint density at radius 2 is 2.00 bits per heavy atom. The second kappa shape index (κ2) is 3.55. The zero-order valence-corrected chi connectivity index (χ0v) is 7.76. The van der Waals surface area contributed by atoms with Crippen molar-refractivity contribution in [3.8, 4) is 5.75 Å². The van der Waals surface area contributed by atoms with E-state index in [2.05, 4.69) is 15.9 Å². The molecule has 16 heavy (non-hydrogen) atoms. The van der Waals surface area contributed by atoms with E-state index >= 15 is 0 Å². The van der Waals surface area contributed by atoms with E-state index in [4.69, 9.17) is 0 Å². The van der Waals surface area contributed by atoms with Crippen molar-refractivity contribution in [1.82, 2.24) is 4.98 Å². The molecule has 0 aliphatic rings. The normalized spacial score (nSPS) is 11.7. The summed E-state index contributed by atoms with van der Waals surface area (Å²) in [6.07, 6.45) is -2.66. The van der Waals surface area contributed by atoms with Crippen molar-refractivity contribution in [3.05, 3.63) is 30.5 Å². The van der Waals surface area contributed by atoms with Gasteiger partial charge in [-0.2, -0.15) is 13.2 Å². The Kier molecular flexibility index (Phi) is 2.34. The van der Waals surface area contributed by atoms with Crippen molar-refractivity contribution in [2.45, 2.75) is 6.18 Å². The number of hydrogen-bond donors (Lipinski definition) is 1. The minimum Gasteiger partial charge on any atom is -0.417 e. The number of nitrogens with one attached hydrogen (secondary N) is 1. The second-order valence-electron chi connectivity index (χ2n) is 3.01. The Bertz CT molecular complexity index is 530. The number of alkyl halides is 3. The lowest BCUT2D eigenvalue weighted by Crippen LogP contribution is -2.27. The molecule has 1 heterocycles. The van der Waals surface area contributed by atoms with Crippen molar-refractivity contribution in [2.75, 3.05) is 0 Å². The van der Waals surface area contributed by atoms with Crippen LogP contribution in [0, 0.1) is 6.20 Å². The smallest absolute Gasteiger partial charge is 0.417 e. The van der Waals surface area contributed by atoms with E-state index in [1.54, 1.807) is 18.2 Å². The fourth-order valence-corrected chi connectivity index (χ4v) is 1.21. The third-order valence-corrected chi connectivity index (χ3v) is 1.91. The summed E-state index contributed by atoms with van der Waals surface area (Å²) in [6.45, 7) is 0. The predicted molar refractivity (Wildman–Crippen MR) is 48.8 cm³/mol. The average molecular weight is 228 g/mol. The summed E-state index contributed by atoms with van der Waals surface area (Å²) in [6, 6.07) is 6.48. The summed E-state index contributed by atoms with van der Waals surface area (Å²) >= 11 is 0. The van der Waals surface area contributed by atoms with Crippen LogP contribution in [0.25, 0.3) is 10.9 Å². The van der Waals surface area contributed by atoms with E-state index in [0.29, 0.717) is 10.9 Å². The van der Waals surface area contributed by atoms with Gasteiger partial charge < -0.3 is 9.72 Å². The number of rotatable bonds is 1. The molecule has 6 heteroatoms. The van der Waals surface area contributed by atoms with Gasteiger partial charge in [-0.15, -0.1) is 0 Å². The molecule has 1 N–H and O–H groups in total. The van der Waals surface area contributed by atoms with Gasteiger partial charge in [0.15, 0.2) is 5.75 Å². The van der Waals surface area contributed by atoms with Gasteiger partial charge in [-0.1, -0.05) is 12.1 Å². The van der Waals surface area contributed by atoms with E-state index in [-0.39, 0.29) is 5.75 Å². The number of para-hydroxylation sites is 1. The highest BCUT2D eigenvalue weighted by Gasteiger charge is 2.41. The quantitative estimate of drug-likeness (QED) is 0.761. The first-order valence-corrected chi connectivity index (χ1v) is 4.26. The molecule has 0 aliphatic heterocycles. The number of halogens is 3. The van der Waals surface area contributed by atoms with Gasteiger partial charge in [0, 0.05) is 10.9 Å². The molecule has 2 aromatic rings. The summed E-state index contributed by atoms with van der Waals surface area (Å²) in [5.41, 5.74) is 0.549. The third-order valence-electron chi connectivity index (χ3n) is 1.91. The number of ether oxygens (including phenoxy) is 1. The number of fused-ring (bicyclic) bond motifs is 1. The van der Waals surface area contributed by atoms with Gasteiger partial charge in [0.1, 0.15) is 6.20 Å². The van der Waals surface area contributed by atoms with Crippen molar-refractivity contribution in [3.63, 3.8) is 0 Å². The largest absolute Gasteiger partial charge is 0.491 e. The second-order valence-corrected chi connectivity index (χ2v) is 3.01. The van der Waals surface area contributed by atoms with Crippen LogP contribution in [0.4, 0.5) is 13.2 Å². The zero-order valence-electron chi connectivity index (χ0n) is 7.76. The number of hydrogen-bond acceptors (Lipinski definition) is 2. The number of esters is 1. The molecular weight excluding hydrogens is 223 g/mol. The summed E-state index contributed by atoms with van der Waals surface area (Å²) < 4.78 is 40.0. The number of H-pyrrole nitrogens is 1. The van der Waals surface area contributed by atoms with E-state index in [1.807, 2.05) is 0 Å². The van der Waals surface area contributed by atoms with Gasteiger partial charge in [-0.25, -0.2) is 4.79 Å². The minimum absolute atomic E-state index is 0.252. The minimum atomic E-state index is -5.01. The Balaban J connectivity index is 2.32. The zero-order chi connectivity index (χ0) is 11.8. The van der Waals surface area contributed by atoms with Gasteiger partial charge in [0.25, 0.3) is 0 Å². The Morgan fingerprint density at radius 3 is 2.69 bits per heavy atom. The van der Waals surface area contributed by atoms with Crippen LogP contribution in [0.3, 0.4) is 0 Å². The van der Waals surface area contributed by atoms with Crippen molar-refractivity contribution in [2.24, 2.45) is 0 Å². The van der Waals surface area contributed by atoms with Gasteiger partial charge in [-0.3, -0.25) is 0 Å². The molecular formula is C10H5F3NO2. The first kappa shape index (κ1) is 10.5. The van der Waals surface area contributed by atoms with E-state index in [0.717, 1.165) is 0 Å². The number of carbonyl (C=O) groups excluding carboxylic acids is 1. The topological polar surface area (TPSA) is 42.1 Å². The lowest BCUT2D eigenvalue weighted by atomic mass is 10.2. The molecule has 1 aromatic heterocycles. The first-order chi connectivity index (χ1) is 7.48. The van der Waals surface area contributed by atoms with E-state index in [1.165, 1.54) is 6.07 Å². The standard InChI is InChI=1S/C10H5F3NO2/c11-10(12,13)9(15)16-8-5-14-7-4-2-1-3-6(7)8/h1-4,14H. The number of carbonyl (C=O) groups is 1. The highest BCUT2D eigenvalue weighted by atomic mass is 19.4. The molecule has 2 rings (SSSR count). The van der Waals surface area contributed by atoms with Crippen LogP contribution in [0.1, 0.15) is 0 Å². The molecule has 0 saturated heterocycles. The van der Waals surface area contributed by atoms with E-state index in [9.17, 15) is 18.0 Å². The molecule has 0 atom stereocenters. The SMILES string of the molecule is O=C(Oc1[c][nH]c2ccccc12)C(F)(F)F. The molecule has 0 aliphatic carbocycles. The third kappa shape index (κ3) is 1.86. The van der Waals surface area contributed by atoms with Crippen LogP contribution < -0.4 is 4.74 Å². The maximum atomic E-state index is 11.9. The molecule has 83 valence electrons. The fraction of sp³-hybridized carbons (Fsp3) is 0.100. The Morgan fingerprint density at radius 1 is 1.31 bits per heavy atom. The van der Waals surface area contributed by atoms with Crippen molar-refractivity contribution in [1.29, 1.82) is 0 Å². The van der Waals surface area contributed by atoms with Gasteiger partial charge in [-0.05, 0) is 12.1 Å². The lowest BCUT2D eigenvalue weighted by molar-refractivity contribution is -0.189. The fourth-order valence-electron chi connectivity index (χ4n) is 1.21. The summed E-state index contributed by atoms with van der Waals surface area (Å²) in [5, 5.41) is 0.375. The molecule has 0 unspecified atom stereocenters. The Hall–Kier alpha value is -1.98. The van der Waals surface area contributed by atoms with Crippen LogP contribution in [-0.2, 0) is 4.79 Å².